The minimum atomic E-state index is -0.667. The van der Waals surface area contributed by atoms with Crippen molar-refractivity contribution in [2.45, 2.75) is 20.0 Å². The molecule has 1 atom stereocenters. The van der Waals surface area contributed by atoms with Crippen LogP contribution in [0.15, 0.2) is 42.5 Å². The van der Waals surface area contributed by atoms with Gasteiger partial charge >= 0.3 is 0 Å². The number of nitrogens with one attached hydrogen (secondary N) is 1. The first-order chi connectivity index (χ1) is 9.97. The molecule has 1 N–H and O–H groups in total. The van der Waals surface area contributed by atoms with Crippen molar-refractivity contribution in [3.8, 4) is 5.75 Å². The molecule has 0 radical (unpaired) electrons. The van der Waals surface area contributed by atoms with Gasteiger partial charge in [-0.25, -0.2) is 0 Å². The van der Waals surface area contributed by atoms with E-state index in [9.17, 15) is 4.79 Å². The zero-order valence-electron chi connectivity index (χ0n) is 11.7. The summed E-state index contributed by atoms with van der Waals surface area (Å²) < 4.78 is 5.57. The lowest BCUT2D eigenvalue weighted by molar-refractivity contribution is -0.122. The van der Waals surface area contributed by atoms with Crippen LogP contribution in [-0.4, -0.2) is 12.0 Å². The Morgan fingerprint density at radius 3 is 2.57 bits per heavy atom. The second-order valence-corrected chi connectivity index (χ2v) is 5.48. The van der Waals surface area contributed by atoms with E-state index in [1.54, 1.807) is 49.4 Å². The molecule has 2 aromatic carbocycles. The minimum Gasteiger partial charge on any atom is -0.479 e. The van der Waals surface area contributed by atoms with E-state index in [-0.39, 0.29) is 5.91 Å². The summed E-state index contributed by atoms with van der Waals surface area (Å²) >= 11 is 11.9. The van der Waals surface area contributed by atoms with Crippen LogP contribution in [0.1, 0.15) is 12.5 Å². The first kappa shape index (κ1) is 15.7. The Morgan fingerprint density at radius 2 is 1.90 bits per heavy atom. The van der Waals surface area contributed by atoms with Gasteiger partial charge in [0.05, 0.1) is 5.02 Å². The molecule has 1 amide bonds. The van der Waals surface area contributed by atoms with Crippen LogP contribution in [-0.2, 0) is 4.79 Å². The highest BCUT2D eigenvalue weighted by Gasteiger charge is 2.16. The Labute approximate surface area is 133 Å². The van der Waals surface area contributed by atoms with Gasteiger partial charge in [-0.1, -0.05) is 35.3 Å². The van der Waals surface area contributed by atoms with Crippen LogP contribution in [0.2, 0.25) is 10.0 Å². The van der Waals surface area contributed by atoms with Crippen LogP contribution in [0.5, 0.6) is 5.75 Å². The highest BCUT2D eigenvalue weighted by molar-refractivity contribution is 6.32. The average Bonchev–Trinajstić information content (AvgIpc) is 2.44. The molecule has 5 heteroatoms. The van der Waals surface area contributed by atoms with E-state index in [0.29, 0.717) is 21.5 Å². The average molecular weight is 324 g/mol. The molecule has 0 saturated heterocycles. The summed E-state index contributed by atoms with van der Waals surface area (Å²) in [4.78, 5) is 12.2. The van der Waals surface area contributed by atoms with Crippen molar-refractivity contribution in [2.75, 3.05) is 5.32 Å². The van der Waals surface area contributed by atoms with Crippen molar-refractivity contribution < 1.29 is 9.53 Å². The van der Waals surface area contributed by atoms with E-state index in [4.69, 9.17) is 27.9 Å². The number of rotatable bonds is 4. The Hall–Kier alpha value is -1.71. The zero-order chi connectivity index (χ0) is 15.4. The van der Waals surface area contributed by atoms with Gasteiger partial charge in [0.25, 0.3) is 5.91 Å². The molecule has 0 heterocycles. The molecular formula is C16H15Cl2NO2. The minimum absolute atomic E-state index is 0.250. The van der Waals surface area contributed by atoms with Gasteiger partial charge in [0.15, 0.2) is 6.10 Å². The van der Waals surface area contributed by atoms with Gasteiger partial charge in [-0.3, -0.25) is 4.79 Å². The van der Waals surface area contributed by atoms with Crippen LogP contribution in [0.25, 0.3) is 0 Å². The van der Waals surface area contributed by atoms with Crippen molar-refractivity contribution in [1.82, 2.24) is 0 Å². The zero-order valence-corrected chi connectivity index (χ0v) is 13.2. The maximum atomic E-state index is 12.2. The smallest absolute Gasteiger partial charge is 0.265 e. The molecule has 0 aliphatic carbocycles. The number of carbonyl (C=O) groups is 1. The van der Waals surface area contributed by atoms with Gasteiger partial charge in [-0.05, 0) is 49.7 Å². The number of para-hydroxylation sites is 1. The predicted molar refractivity (Wildman–Crippen MR) is 86.4 cm³/mol. The molecule has 0 unspecified atom stereocenters. The van der Waals surface area contributed by atoms with Crippen molar-refractivity contribution in [3.63, 3.8) is 0 Å². The van der Waals surface area contributed by atoms with Crippen molar-refractivity contribution in [2.24, 2.45) is 0 Å². The molecule has 0 bridgehead atoms. The molecule has 0 spiro atoms. The monoisotopic (exact) mass is 323 g/mol. The summed E-state index contributed by atoms with van der Waals surface area (Å²) in [7, 11) is 0. The molecule has 110 valence electrons. The third-order valence-corrected chi connectivity index (χ3v) is 3.50. The molecule has 3 nitrogen and oxygen atoms in total. The molecule has 0 fully saturated rings. The molecule has 0 aliphatic heterocycles. The summed E-state index contributed by atoms with van der Waals surface area (Å²) in [6.07, 6.45) is -0.667. The molecule has 0 saturated carbocycles. The van der Waals surface area contributed by atoms with Crippen molar-refractivity contribution in [3.05, 3.63) is 58.1 Å². The number of hydrogen-bond donors (Lipinski definition) is 1. The lowest BCUT2D eigenvalue weighted by atomic mass is 10.2. The van der Waals surface area contributed by atoms with Crippen LogP contribution in [0.3, 0.4) is 0 Å². The van der Waals surface area contributed by atoms with E-state index in [1.807, 2.05) is 6.92 Å². The lowest BCUT2D eigenvalue weighted by Crippen LogP contribution is -2.30. The lowest BCUT2D eigenvalue weighted by Gasteiger charge is -2.16. The van der Waals surface area contributed by atoms with Crippen LogP contribution < -0.4 is 10.1 Å². The van der Waals surface area contributed by atoms with Gasteiger partial charge < -0.3 is 10.1 Å². The second kappa shape index (κ2) is 6.83. The van der Waals surface area contributed by atoms with E-state index >= 15 is 0 Å². The largest absolute Gasteiger partial charge is 0.479 e. The first-order valence-electron chi connectivity index (χ1n) is 6.45. The van der Waals surface area contributed by atoms with E-state index in [2.05, 4.69) is 5.32 Å². The summed E-state index contributed by atoms with van der Waals surface area (Å²) in [6.45, 7) is 3.55. The molecule has 2 aromatic rings. The highest BCUT2D eigenvalue weighted by Crippen LogP contribution is 2.25. The Balaban J connectivity index is 2.04. The molecule has 2 rings (SSSR count). The fourth-order valence-corrected chi connectivity index (χ4v) is 2.19. The topological polar surface area (TPSA) is 38.3 Å². The van der Waals surface area contributed by atoms with Gasteiger partial charge in [0.2, 0.25) is 0 Å². The summed E-state index contributed by atoms with van der Waals surface area (Å²) in [6, 6.07) is 12.3. The Bertz CT molecular complexity index is 658. The van der Waals surface area contributed by atoms with E-state index in [1.165, 1.54) is 0 Å². The second-order valence-electron chi connectivity index (χ2n) is 4.64. The van der Waals surface area contributed by atoms with Gasteiger partial charge in [-0.2, -0.15) is 0 Å². The van der Waals surface area contributed by atoms with Crippen molar-refractivity contribution >= 4 is 34.8 Å². The van der Waals surface area contributed by atoms with Gasteiger partial charge in [-0.15, -0.1) is 0 Å². The summed E-state index contributed by atoms with van der Waals surface area (Å²) in [5, 5.41) is 3.91. The molecule has 0 aliphatic rings. The fourth-order valence-electron chi connectivity index (χ4n) is 1.79. The number of carbonyl (C=O) groups excluding carboxylic acids is 1. The van der Waals surface area contributed by atoms with Gasteiger partial charge in [0, 0.05) is 10.7 Å². The Kier molecular flexibility index (Phi) is 5.10. The fraction of sp³-hybridized carbons (Fsp3) is 0.188. The maximum Gasteiger partial charge on any atom is 0.265 e. The van der Waals surface area contributed by atoms with Crippen LogP contribution in [0, 0.1) is 6.92 Å². The van der Waals surface area contributed by atoms with Crippen LogP contribution in [0.4, 0.5) is 5.69 Å². The standard InChI is InChI=1S/C16H15Cl2NO2/c1-10-9-12(17)7-8-14(10)19-16(20)11(2)21-15-6-4-3-5-13(15)18/h3-9,11H,1-2H3,(H,19,20)/t11-/m0/s1. The third kappa shape index (κ3) is 4.13. The molecule has 21 heavy (non-hydrogen) atoms. The Morgan fingerprint density at radius 1 is 1.19 bits per heavy atom. The number of halogens is 2. The normalized spacial score (nSPS) is 11.8. The quantitative estimate of drug-likeness (QED) is 0.885. The number of aryl methyl sites for hydroxylation is 1. The number of hydrogen-bond acceptors (Lipinski definition) is 2. The molecular weight excluding hydrogens is 309 g/mol. The first-order valence-corrected chi connectivity index (χ1v) is 7.21. The SMILES string of the molecule is Cc1cc(Cl)ccc1NC(=O)[C@H](C)Oc1ccccc1Cl. The number of benzene rings is 2. The maximum absolute atomic E-state index is 12.2. The van der Waals surface area contributed by atoms with E-state index < -0.39 is 6.10 Å². The number of amides is 1. The number of ether oxygens (including phenoxy) is 1. The van der Waals surface area contributed by atoms with E-state index in [0.717, 1.165) is 5.56 Å². The van der Waals surface area contributed by atoms with Gasteiger partial charge in [0.1, 0.15) is 5.75 Å². The van der Waals surface area contributed by atoms with Crippen LogP contribution >= 0.6 is 23.2 Å². The molecule has 0 aromatic heterocycles. The van der Waals surface area contributed by atoms with Crippen molar-refractivity contribution in [1.29, 1.82) is 0 Å². The third-order valence-electron chi connectivity index (χ3n) is 2.96. The number of anilines is 1. The highest BCUT2D eigenvalue weighted by atomic mass is 35.5. The predicted octanol–water partition coefficient (Wildman–Crippen LogP) is 4.71. The summed E-state index contributed by atoms with van der Waals surface area (Å²) in [5.41, 5.74) is 1.60. The summed E-state index contributed by atoms with van der Waals surface area (Å²) in [5.74, 6) is 0.231.